The lowest BCUT2D eigenvalue weighted by molar-refractivity contribution is 0.351. The van der Waals surface area contributed by atoms with E-state index in [4.69, 9.17) is 41.9 Å². The van der Waals surface area contributed by atoms with Crippen LogP contribution in [-0.4, -0.2) is 88.6 Å². The van der Waals surface area contributed by atoms with E-state index in [2.05, 4.69) is 302 Å². The van der Waals surface area contributed by atoms with Crippen LogP contribution in [0.3, 0.4) is 0 Å². The lowest BCUT2D eigenvalue weighted by Crippen LogP contribution is -2.78. The molecule has 0 amide bonds. The molecule has 0 atom stereocenters. The van der Waals surface area contributed by atoms with Crippen LogP contribution in [0.15, 0.2) is 255 Å². The first kappa shape index (κ1) is 77.0. The van der Waals surface area contributed by atoms with Crippen molar-refractivity contribution >= 4 is 110 Å². The summed E-state index contributed by atoms with van der Waals surface area (Å²) in [6, 6.07) is 86.5. The quantitative estimate of drug-likeness (QED) is 0.0340. The predicted molar refractivity (Wildman–Crippen MR) is 394 cm³/mol. The van der Waals surface area contributed by atoms with Crippen LogP contribution >= 0.6 is 0 Å². The Morgan fingerprint density at radius 1 is 0.326 bits per heavy atom. The molecule has 9 nitrogen and oxygen atoms in total. The molecule has 17 heteroatoms. The topological polar surface area (TPSA) is 133 Å². The molecule has 8 rings (SSSR count). The van der Waals surface area contributed by atoms with E-state index in [1.807, 2.05) is 0 Å². The SMILES string of the molecule is C.C.C.C.C=CCN.C[SiH](C)O[Si](O[Si](O[SiH](C)C)(c1ccccc1)c1ccccc1)(c1ccccc1)c1ccccc1.C[Si](C)(CCCN)O[Si](O[Si](O[Si](C)(C)CCCN)(c1ccccc1)c1ccccc1)(c1ccccc1)c1ccccc1. The molecule has 86 heavy (non-hydrogen) atoms. The maximum atomic E-state index is 8.04. The number of nitrogens with two attached hydrogens (primary N) is 3. The van der Waals surface area contributed by atoms with Gasteiger partial charge in [0.1, 0.15) is 0 Å². The summed E-state index contributed by atoms with van der Waals surface area (Å²) < 4.78 is 45.3. The summed E-state index contributed by atoms with van der Waals surface area (Å²) in [7, 11) is -20.8. The maximum absolute atomic E-state index is 8.04. The van der Waals surface area contributed by atoms with Crippen LogP contribution in [0.2, 0.25) is 64.5 Å². The highest BCUT2D eigenvalue weighted by Gasteiger charge is 2.58. The van der Waals surface area contributed by atoms with Gasteiger partial charge in [-0.2, -0.15) is 0 Å². The average molecular weight is 1300 g/mol. The van der Waals surface area contributed by atoms with E-state index in [0.29, 0.717) is 19.6 Å². The van der Waals surface area contributed by atoms with Crippen molar-refractivity contribution in [3.05, 3.63) is 255 Å². The smallest absolute Gasteiger partial charge is 0.388 e. The van der Waals surface area contributed by atoms with Crippen LogP contribution in [-0.2, 0) is 24.7 Å². The minimum Gasteiger partial charge on any atom is -0.433 e. The van der Waals surface area contributed by atoms with E-state index < -0.39 is 69.0 Å². The zero-order valence-electron chi connectivity index (χ0n) is 49.7. The average Bonchev–Trinajstić information content (AvgIpc) is 1.41. The molecule has 0 aliphatic rings. The Morgan fingerprint density at radius 2 is 0.500 bits per heavy atom. The van der Waals surface area contributed by atoms with Crippen molar-refractivity contribution in [3.8, 4) is 0 Å². The summed E-state index contributed by atoms with van der Waals surface area (Å²) in [5.74, 6) is 0. The molecule has 0 aliphatic heterocycles. The number of hydrogen-bond acceptors (Lipinski definition) is 9. The Morgan fingerprint density at radius 3 is 0.663 bits per heavy atom. The molecular weight excluding hydrogens is 1190 g/mol. The lowest BCUT2D eigenvalue weighted by atomic mass is 10.4. The van der Waals surface area contributed by atoms with Crippen molar-refractivity contribution in [1.29, 1.82) is 0 Å². The summed E-state index contributed by atoms with van der Waals surface area (Å²) in [5.41, 5.74) is 16.9. The normalized spacial score (nSPS) is 11.7. The molecule has 0 radical (unpaired) electrons. The van der Waals surface area contributed by atoms with Gasteiger partial charge in [0, 0.05) is 6.54 Å². The monoisotopic (exact) mass is 1300 g/mol. The van der Waals surface area contributed by atoms with E-state index in [1.54, 1.807) is 6.08 Å². The van der Waals surface area contributed by atoms with E-state index in [1.165, 1.54) is 0 Å². The standard InChI is InChI=1S/C34H48N2O3Si4.C28H34O3Si4.C3H7N.4CH4/c1-40(2,29-17-27-35)37-42(31-19-9-5-10-20-31,32-21-11-6-12-22-32)39-43(33-23-13-7-14-24-33,34-25-15-8-16-26-34)38-41(3,4)30-18-28-36;1-32(2)29-34(25-17-9-5-10-18-25,26-19-11-6-12-20-26)31-35(30-33(3)4,27-21-13-7-14-22-27)28-23-15-8-16-24-28;1-2-3-4;;;;/h5-16,19-26H,17-18,27-30,35-36H2,1-4H3;5-24,32-33H,1-4H3;2H,1,3-4H2;4*1H4. The first-order valence-corrected chi connectivity index (χ1v) is 47.9. The second-order valence-corrected chi connectivity index (χ2v) is 48.9. The molecule has 464 valence electrons. The second-order valence-electron chi connectivity index (χ2n) is 22.0. The first-order chi connectivity index (χ1) is 39.5. The summed E-state index contributed by atoms with van der Waals surface area (Å²) in [6.45, 7) is 23.3. The molecule has 0 heterocycles. The van der Waals surface area contributed by atoms with Crippen LogP contribution in [0.5, 0.6) is 0 Å². The molecule has 0 unspecified atom stereocenters. The number of hydrogen-bond donors (Lipinski definition) is 3. The zero-order valence-corrected chi connectivity index (χ0v) is 58.0. The summed E-state index contributed by atoms with van der Waals surface area (Å²) >= 11 is 0. The van der Waals surface area contributed by atoms with Gasteiger partial charge in [0.05, 0.1) is 0 Å². The van der Waals surface area contributed by atoms with Gasteiger partial charge < -0.3 is 41.9 Å². The van der Waals surface area contributed by atoms with Gasteiger partial charge in [0.15, 0.2) is 34.7 Å². The van der Waals surface area contributed by atoms with E-state index >= 15 is 0 Å². The fraction of sp³-hybridized carbons (Fsp3) is 0.275. The fourth-order valence-corrected chi connectivity index (χ4v) is 44.3. The number of benzene rings is 8. The predicted octanol–water partition coefficient (Wildman–Crippen LogP) is 10.8. The van der Waals surface area contributed by atoms with E-state index in [9.17, 15) is 0 Å². The van der Waals surface area contributed by atoms with Crippen molar-refractivity contribution in [1.82, 2.24) is 0 Å². The highest BCUT2D eigenvalue weighted by atomic mass is 28.5. The molecular formula is C69H105N3O6Si8. The van der Waals surface area contributed by atoms with Gasteiger partial charge in [-0.3, -0.25) is 0 Å². The van der Waals surface area contributed by atoms with Gasteiger partial charge >= 0.3 is 34.2 Å². The molecule has 0 bridgehead atoms. The van der Waals surface area contributed by atoms with Crippen molar-refractivity contribution < 1.29 is 24.7 Å². The molecule has 0 spiro atoms. The van der Waals surface area contributed by atoms with E-state index in [-0.39, 0.29) is 29.7 Å². The highest BCUT2D eigenvalue weighted by Crippen LogP contribution is 2.29. The molecule has 8 aromatic rings. The summed E-state index contributed by atoms with van der Waals surface area (Å²) in [5, 5.41) is 8.81. The third-order valence-electron chi connectivity index (χ3n) is 13.6. The Labute approximate surface area is 530 Å². The van der Waals surface area contributed by atoms with Crippen LogP contribution in [0.1, 0.15) is 42.5 Å². The first-order valence-electron chi connectivity index (χ1n) is 28.9. The lowest BCUT2D eigenvalue weighted by Gasteiger charge is -2.47. The van der Waals surface area contributed by atoms with Crippen molar-refractivity contribution in [2.45, 2.75) is 107 Å². The van der Waals surface area contributed by atoms with Crippen molar-refractivity contribution in [3.63, 3.8) is 0 Å². The zero-order chi connectivity index (χ0) is 59.0. The molecule has 8 aromatic carbocycles. The molecule has 0 fully saturated rings. The minimum absolute atomic E-state index is 0. The van der Waals surface area contributed by atoms with Crippen LogP contribution in [0, 0.1) is 0 Å². The van der Waals surface area contributed by atoms with Gasteiger partial charge in [0.25, 0.3) is 0 Å². The van der Waals surface area contributed by atoms with Gasteiger partial charge in [-0.25, -0.2) is 0 Å². The molecule has 6 N–H and O–H groups in total. The molecule has 0 saturated heterocycles. The van der Waals surface area contributed by atoms with Gasteiger partial charge in [-0.05, 0) is 132 Å². The molecule has 0 aliphatic carbocycles. The largest absolute Gasteiger partial charge is 0.433 e. The van der Waals surface area contributed by atoms with Gasteiger partial charge in [-0.1, -0.05) is 278 Å². The fourth-order valence-electron chi connectivity index (χ4n) is 10.0. The Hall–Kier alpha value is -5.12. The van der Waals surface area contributed by atoms with Crippen LogP contribution < -0.4 is 58.7 Å². The number of rotatable bonds is 27. The van der Waals surface area contributed by atoms with Crippen molar-refractivity contribution in [2.75, 3.05) is 19.6 Å². The third kappa shape index (κ3) is 20.7. The van der Waals surface area contributed by atoms with Crippen molar-refractivity contribution in [2.24, 2.45) is 17.2 Å². The van der Waals surface area contributed by atoms with Gasteiger partial charge in [0.2, 0.25) is 0 Å². The Balaban J connectivity index is 0.000000537. The van der Waals surface area contributed by atoms with Crippen LogP contribution in [0.25, 0.3) is 0 Å². The minimum atomic E-state index is -3.41. The second kappa shape index (κ2) is 37.7. The van der Waals surface area contributed by atoms with Gasteiger partial charge in [-0.15, -0.1) is 6.58 Å². The maximum Gasteiger partial charge on any atom is 0.388 e. The van der Waals surface area contributed by atoms with E-state index in [0.717, 1.165) is 66.4 Å². The third-order valence-corrected chi connectivity index (χ3v) is 43.2. The Kier molecular flexibility index (Phi) is 33.7. The molecule has 0 saturated carbocycles. The highest BCUT2D eigenvalue weighted by molar-refractivity contribution is 7.09. The molecule has 0 aromatic heterocycles. The summed E-state index contributed by atoms with van der Waals surface area (Å²) in [6.07, 6.45) is 3.49. The summed E-state index contributed by atoms with van der Waals surface area (Å²) in [4.78, 5) is 0. The Bertz CT molecular complexity index is 2680. The van der Waals surface area contributed by atoms with Crippen LogP contribution in [0.4, 0.5) is 0 Å².